The average Bonchev–Trinajstić information content (AvgIpc) is 2.34. The number of aryl methyl sites for hydroxylation is 1. The summed E-state index contributed by atoms with van der Waals surface area (Å²) in [6.07, 6.45) is 1.87. The Bertz CT molecular complexity index is 497. The highest BCUT2D eigenvalue weighted by Gasteiger charge is 1.91. The Hall–Kier alpha value is -1.60. The van der Waals surface area contributed by atoms with E-state index in [1.165, 1.54) is 11.1 Å². The van der Waals surface area contributed by atoms with E-state index in [0.717, 1.165) is 10.6 Å². The van der Waals surface area contributed by atoms with Gasteiger partial charge in [0.2, 0.25) is 0 Å². The van der Waals surface area contributed by atoms with Crippen LogP contribution in [0.15, 0.2) is 53.5 Å². The molecule has 0 fully saturated rings. The van der Waals surface area contributed by atoms with E-state index in [-0.39, 0.29) is 0 Å². The molecule has 0 saturated carbocycles. The van der Waals surface area contributed by atoms with Gasteiger partial charge in [-0.2, -0.15) is 0 Å². The molecule has 0 aliphatic rings. The molecule has 2 aromatic carbocycles. The summed E-state index contributed by atoms with van der Waals surface area (Å²) in [5.41, 5.74) is 3.57. The predicted molar refractivity (Wildman–Crippen MR) is 73.9 cm³/mol. The number of rotatable bonds is 3. The first-order valence-electron chi connectivity index (χ1n) is 5.55. The second-order valence-electron chi connectivity index (χ2n) is 4.01. The molecule has 0 aliphatic heterocycles. The molecule has 0 aliphatic carbocycles. The molecule has 2 aromatic rings. The van der Waals surface area contributed by atoms with Crippen LogP contribution >= 0.6 is 11.6 Å². The van der Waals surface area contributed by atoms with Gasteiger partial charge in [-0.3, -0.25) is 4.99 Å². The van der Waals surface area contributed by atoms with Crippen molar-refractivity contribution in [1.82, 2.24) is 0 Å². The van der Waals surface area contributed by atoms with Gasteiger partial charge in [-0.1, -0.05) is 53.6 Å². The first-order chi connectivity index (χ1) is 8.24. The van der Waals surface area contributed by atoms with E-state index >= 15 is 0 Å². The zero-order valence-electron chi connectivity index (χ0n) is 9.73. The molecule has 0 atom stereocenters. The van der Waals surface area contributed by atoms with Crippen LogP contribution in [0.5, 0.6) is 0 Å². The number of hydrogen-bond acceptors (Lipinski definition) is 1. The van der Waals surface area contributed by atoms with Crippen LogP contribution < -0.4 is 0 Å². The molecule has 1 nitrogen and oxygen atoms in total. The Kier molecular flexibility index (Phi) is 3.94. The van der Waals surface area contributed by atoms with Gasteiger partial charge in [0.15, 0.2) is 0 Å². The molecule has 0 aromatic heterocycles. The van der Waals surface area contributed by atoms with Crippen molar-refractivity contribution < 1.29 is 0 Å². The van der Waals surface area contributed by atoms with Gasteiger partial charge in [0, 0.05) is 11.2 Å². The topological polar surface area (TPSA) is 12.4 Å². The fourth-order valence-corrected chi connectivity index (χ4v) is 1.62. The second-order valence-corrected chi connectivity index (χ2v) is 4.44. The molecule has 2 rings (SSSR count). The lowest BCUT2D eigenvalue weighted by Gasteiger charge is -1.97. The molecule has 0 radical (unpaired) electrons. The minimum atomic E-state index is 0.711. The van der Waals surface area contributed by atoms with E-state index in [2.05, 4.69) is 36.2 Å². The van der Waals surface area contributed by atoms with Crippen molar-refractivity contribution in [2.24, 2.45) is 4.99 Å². The maximum atomic E-state index is 5.81. The van der Waals surface area contributed by atoms with Crippen LogP contribution in [0.3, 0.4) is 0 Å². The van der Waals surface area contributed by atoms with Crippen molar-refractivity contribution in [3.05, 3.63) is 70.2 Å². The van der Waals surface area contributed by atoms with Gasteiger partial charge in [-0.25, -0.2) is 0 Å². The van der Waals surface area contributed by atoms with E-state index in [1.54, 1.807) is 0 Å². The molecule has 0 N–H and O–H groups in total. The molecule has 86 valence electrons. The maximum Gasteiger partial charge on any atom is 0.0639 e. The molecule has 0 bridgehead atoms. The zero-order chi connectivity index (χ0) is 12.1. The number of aliphatic imine (C=N–C) groups is 1. The Labute approximate surface area is 107 Å². The third kappa shape index (κ3) is 3.72. The van der Waals surface area contributed by atoms with E-state index < -0.39 is 0 Å². The van der Waals surface area contributed by atoms with Crippen LogP contribution in [0.25, 0.3) is 0 Å². The van der Waals surface area contributed by atoms with E-state index in [9.17, 15) is 0 Å². The summed E-state index contributed by atoms with van der Waals surface area (Å²) < 4.78 is 0. The van der Waals surface area contributed by atoms with Crippen molar-refractivity contribution in [2.75, 3.05) is 0 Å². The fraction of sp³-hybridized carbons (Fsp3) is 0.133. The molecular weight excluding hydrogens is 230 g/mol. The summed E-state index contributed by atoms with van der Waals surface area (Å²) in [7, 11) is 0. The summed E-state index contributed by atoms with van der Waals surface area (Å²) >= 11 is 5.81. The van der Waals surface area contributed by atoms with Gasteiger partial charge in [0.05, 0.1) is 6.54 Å². The molecule has 17 heavy (non-hydrogen) atoms. The Balaban J connectivity index is 1.97. The molecule has 0 amide bonds. The Morgan fingerprint density at radius 3 is 2.29 bits per heavy atom. The van der Waals surface area contributed by atoms with E-state index in [4.69, 9.17) is 11.6 Å². The normalized spacial score (nSPS) is 10.9. The van der Waals surface area contributed by atoms with Crippen molar-refractivity contribution in [2.45, 2.75) is 13.5 Å². The van der Waals surface area contributed by atoms with Crippen LogP contribution in [0, 0.1) is 6.92 Å². The molecule has 0 saturated heterocycles. The van der Waals surface area contributed by atoms with Gasteiger partial charge in [-0.15, -0.1) is 0 Å². The predicted octanol–water partition coefficient (Wildman–Crippen LogP) is 4.27. The largest absolute Gasteiger partial charge is 0.288 e. The van der Waals surface area contributed by atoms with Crippen molar-refractivity contribution >= 4 is 17.8 Å². The highest BCUT2D eigenvalue weighted by molar-refractivity contribution is 6.30. The molecule has 0 unspecified atom stereocenters. The summed E-state index contributed by atoms with van der Waals surface area (Å²) in [6.45, 7) is 2.80. The van der Waals surface area contributed by atoms with Crippen molar-refractivity contribution in [1.29, 1.82) is 0 Å². The number of halogens is 1. The molecule has 2 heteroatoms. The molecule has 0 spiro atoms. The second kappa shape index (κ2) is 5.65. The number of hydrogen-bond donors (Lipinski definition) is 0. The van der Waals surface area contributed by atoms with Gasteiger partial charge >= 0.3 is 0 Å². The quantitative estimate of drug-likeness (QED) is 0.714. The molecular formula is C15H14ClN. The monoisotopic (exact) mass is 243 g/mol. The molecule has 0 heterocycles. The SMILES string of the molecule is Cc1ccc(CN=Cc2ccc(Cl)cc2)cc1. The maximum absolute atomic E-state index is 5.81. The lowest BCUT2D eigenvalue weighted by atomic mass is 10.1. The Morgan fingerprint density at radius 1 is 1.00 bits per heavy atom. The van der Waals surface area contributed by atoms with E-state index in [0.29, 0.717) is 6.54 Å². The van der Waals surface area contributed by atoms with Crippen molar-refractivity contribution in [3.63, 3.8) is 0 Å². The third-order valence-corrected chi connectivity index (χ3v) is 2.76. The van der Waals surface area contributed by atoms with Gasteiger partial charge in [0.25, 0.3) is 0 Å². The summed E-state index contributed by atoms with van der Waals surface area (Å²) in [5.74, 6) is 0. The van der Waals surface area contributed by atoms with Crippen LogP contribution in [-0.4, -0.2) is 6.21 Å². The fourth-order valence-electron chi connectivity index (χ4n) is 1.50. The standard InChI is InChI=1S/C15H14ClN/c1-12-2-4-13(5-3-12)10-17-11-14-6-8-15(16)9-7-14/h2-9,11H,10H2,1H3. The number of nitrogens with zero attached hydrogens (tertiary/aromatic N) is 1. The lowest BCUT2D eigenvalue weighted by Crippen LogP contribution is -1.84. The summed E-state index contributed by atoms with van der Waals surface area (Å²) in [4.78, 5) is 4.40. The van der Waals surface area contributed by atoms with Crippen LogP contribution in [-0.2, 0) is 6.54 Å². The van der Waals surface area contributed by atoms with Gasteiger partial charge in [-0.05, 0) is 30.2 Å². The minimum absolute atomic E-state index is 0.711. The summed E-state index contributed by atoms with van der Waals surface area (Å²) in [5, 5.41) is 0.751. The zero-order valence-corrected chi connectivity index (χ0v) is 10.5. The first-order valence-corrected chi connectivity index (χ1v) is 5.93. The average molecular weight is 244 g/mol. The van der Waals surface area contributed by atoms with Crippen LogP contribution in [0.2, 0.25) is 5.02 Å². The first kappa shape index (κ1) is 11.9. The summed E-state index contributed by atoms with van der Waals surface area (Å²) in [6, 6.07) is 16.1. The Morgan fingerprint density at radius 2 is 1.65 bits per heavy atom. The van der Waals surface area contributed by atoms with Crippen molar-refractivity contribution in [3.8, 4) is 0 Å². The third-order valence-electron chi connectivity index (χ3n) is 2.50. The van der Waals surface area contributed by atoms with Gasteiger partial charge in [0.1, 0.15) is 0 Å². The highest BCUT2D eigenvalue weighted by Crippen LogP contribution is 2.08. The number of benzene rings is 2. The lowest BCUT2D eigenvalue weighted by molar-refractivity contribution is 1.07. The van der Waals surface area contributed by atoms with Crippen LogP contribution in [0.1, 0.15) is 16.7 Å². The van der Waals surface area contributed by atoms with Crippen LogP contribution in [0.4, 0.5) is 0 Å². The minimum Gasteiger partial charge on any atom is -0.288 e. The van der Waals surface area contributed by atoms with Gasteiger partial charge < -0.3 is 0 Å². The smallest absolute Gasteiger partial charge is 0.0639 e. The highest BCUT2D eigenvalue weighted by atomic mass is 35.5. The van der Waals surface area contributed by atoms with E-state index in [1.807, 2.05) is 30.5 Å².